The highest BCUT2D eigenvalue weighted by atomic mass is 32.1. The van der Waals surface area contributed by atoms with Crippen LogP contribution in [0.3, 0.4) is 0 Å². The van der Waals surface area contributed by atoms with Crippen LogP contribution in [0.25, 0.3) is 5.00 Å². The van der Waals surface area contributed by atoms with E-state index in [4.69, 9.17) is 0 Å². The number of tetrazole rings is 1. The maximum Gasteiger partial charge on any atom is 0.254 e. The number of carbonyl (C=O) groups is 1. The molecule has 2 aromatic rings. The maximum atomic E-state index is 12.6. The second kappa shape index (κ2) is 7.00. The molecule has 0 fully saturated rings. The standard InChI is InChI=1S/C15H21N5OS/c1-2-3-4-5-9-16-14(21)13-11-7-6-8-12(11)22-15(13)20-10-17-18-19-20/h10H,2-9H2,1H3,(H,16,21). The number of nitrogens with one attached hydrogen (secondary N) is 1. The third kappa shape index (κ3) is 3.04. The fraction of sp³-hybridized carbons (Fsp3) is 0.600. The van der Waals surface area contributed by atoms with Crippen LogP contribution in [-0.4, -0.2) is 32.7 Å². The van der Waals surface area contributed by atoms with Gasteiger partial charge in [0.15, 0.2) is 0 Å². The van der Waals surface area contributed by atoms with E-state index in [2.05, 4.69) is 27.8 Å². The van der Waals surface area contributed by atoms with E-state index in [1.165, 1.54) is 29.7 Å². The van der Waals surface area contributed by atoms with Crippen LogP contribution < -0.4 is 5.32 Å². The van der Waals surface area contributed by atoms with E-state index in [-0.39, 0.29) is 5.91 Å². The molecular formula is C15H21N5OS. The minimum atomic E-state index is 0.0152. The first kappa shape index (κ1) is 15.1. The van der Waals surface area contributed by atoms with Crippen molar-refractivity contribution >= 4 is 17.2 Å². The number of nitrogens with zero attached hydrogens (tertiary/aromatic N) is 4. The number of amides is 1. The Labute approximate surface area is 133 Å². The van der Waals surface area contributed by atoms with Crippen LogP contribution in [0, 0.1) is 0 Å². The molecule has 22 heavy (non-hydrogen) atoms. The van der Waals surface area contributed by atoms with Gasteiger partial charge in [0.05, 0.1) is 5.56 Å². The van der Waals surface area contributed by atoms with Crippen molar-refractivity contribution in [2.24, 2.45) is 0 Å². The van der Waals surface area contributed by atoms with Gasteiger partial charge in [0.1, 0.15) is 11.3 Å². The highest BCUT2D eigenvalue weighted by molar-refractivity contribution is 7.15. The summed E-state index contributed by atoms with van der Waals surface area (Å²) < 4.78 is 1.61. The number of carbonyl (C=O) groups excluding carboxylic acids is 1. The zero-order chi connectivity index (χ0) is 15.4. The zero-order valence-electron chi connectivity index (χ0n) is 12.8. The number of hydrogen-bond donors (Lipinski definition) is 1. The molecule has 2 heterocycles. The molecule has 118 valence electrons. The Morgan fingerprint density at radius 3 is 3.05 bits per heavy atom. The second-order valence-corrected chi connectivity index (χ2v) is 6.69. The number of hydrogen-bond acceptors (Lipinski definition) is 5. The lowest BCUT2D eigenvalue weighted by molar-refractivity contribution is 0.0952. The summed E-state index contributed by atoms with van der Waals surface area (Å²) in [5, 5.41) is 15.2. The average molecular weight is 319 g/mol. The molecule has 3 rings (SSSR count). The van der Waals surface area contributed by atoms with E-state index in [1.807, 2.05) is 0 Å². The van der Waals surface area contributed by atoms with Crippen molar-refractivity contribution < 1.29 is 4.79 Å². The summed E-state index contributed by atoms with van der Waals surface area (Å²) in [5.74, 6) is 0.0152. The fourth-order valence-electron chi connectivity index (χ4n) is 2.88. The lowest BCUT2D eigenvalue weighted by atomic mass is 10.1. The predicted octanol–water partition coefficient (Wildman–Crippen LogP) is 2.52. The lowest BCUT2D eigenvalue weighted by Crippen LogP contribution is -2.26. The van der Waals surface area contributed by atoms with E-state index in [1.54, 1.807) is 22.3 Å². The molecule has 0 radical (unpaired) electrons. The number of aromatic nitrogens is 4. The molecule has 7 heteroatoms. The van der Waals surface area contributed by atoms with Gasteiger partial charge in [-0.2, -0.15) is 4.68 Å². The van der Waals surface area contributed by atoms with Gasteiger partial charge in [-0.05, 0) is 41.7 Å². The van der Waals surface area contributed by atoms with Crippen LogP contribution in [0.5, 0.6) is 0 Å². The molecule has 0 atom stereocenters. The van der Waals surface area contributed by atoms with Gasteiger partial charge in [-0.1, -0.05) is 26.2 Å². The topological polar surface area (TPSA) is 72.7 Å². The SMILES string of the molecule is CCCCCCNC(=O)c1c(-n2cnnn2)sc2c1CCC2. The predicted molar refractivity (Wildman–Crippen MR) is 85.5 cm³/mol. The third-order valence-corrected chi connectivity index (χ3v) is 5.28. The van der Waals surface area contributed by atoms with E-state index in [9.17, 15) is 4.79 Å². The lowest BCUT2D eigenvalue weighted by Gasteiger charge is -2.07. The molecule has 0 spiro atoms. The molecule has 0 unspecified atom stereocenters. The van der Waals surface area contributed by atoms with E-state index in [0.717, 1.165) is 42.8 Å². The molecular weight excluding hydrogens is 298 g/mol. The van der Waals surface area contributed by atoms with Crippen molar-refractivity contribution in [1.82, 2.24) is 25.5 Å². The first-order valence-electron chi connectivity index (χ1n) is 7.97. The Morgan fingerprint density at radius 1 is 1.36 bits per heavy atom. The van der Waals surface area contributed by atoms with Gasteiger partial charge in [0.25, 0.3) is 5.91 Å². The fourth-order valence-corrected chi connectivity index (χ4v) is 4.18. The normalized spacial score (nSPS) is 13.3. The second-order valence-electron chi connectivity index (χ2n) is 5.61. The molecule has 2 aromatic heterocycles. The Hall–Kier alpha value is -1.76. The quantitative estimate of drug-likeness (QED) is 0.796. The van der Waals surface area contributed by atoms with Gasteiger partial charge in [-0.3, -0.25) is 4.79 Å². The van der Waals surface area contributed by atoms with Crippen LogP contribution in [0.1, 0.15) is 59.8 Å². The molecule has 0 aliphatic heterocycles. The summed E-state index contributed by atoms with van der Waals surface area (Å²) in [6, 6.07) is 0. The van der Waals surface area contributed by atoms with Gasteiger partial charge in [-0.15, -0.1) is 16.4 Å². The van der Waals surface area contributed by atoms with Gasteiger partial charge < -0.3 is 5.32 Å². The van der Waals surface area contributed by atoms with Crippen LogP contribution in [0.15, 0.2) is 6.33 Å². The summed E-state index contributed by atoms with van der Waals surface area (Å²) in [6.07, 6.45) is 9.35. The van der Waals surface area contributed by atoms with Gasteiger partial charge in [0, 0.05) is 11.4 Å². The van der Waals surface area contributed by atoms with Gasteiger partial charge in [-0.25, -0.2) is 0 Å². The van der Waals surface area contributed by atoms with E-state index in [0.29, 0.717) is 0 Å². The molecule has 0 saturated carbocycles. The Bertz CT molecular complexity index is 635. The number of rotatable bonds is 7. The molecule has 1 N–H and O–H groups in total. The van der Waals surface area contributed by atoms with Crippen LogP contribution in [-0.2, 0) is 12.8 Å². The molecule has 1 amide bonds. The van der Waals surface area contributed by atoms with Crippen LogP contribution >= 0.6 is 11.3 Å². The Balaban J connectivity index is 1.76. The number of unbranched alkanes of at least 4 members (excludes halogenated alkanes) is 3. The first-order valence-corrected chi connectivity index (χ1v) is 8.79. The van der Waals surface area contributed by atoms with Crippen molar-refractivity contribution in [3.8, 4) is 5.00 Å². The minimum absolute atomic E-state index is 0.0152. The largest absolute Gasteiger partial charge is 0.352 e. The Kier molecular flexibility index (Phi) is 4.82. The molecule has 0 saturated heterocycles. The minimum Gasteiger partial charge on any atom is -0.352 e. The van der Waals surface area contributed by atoms with Crippen molar-refractivity contribution in [2.75, 3.05) is 6.54 Å². The van der Waals surface area contributed by atoms with Crippen molar-refractivity contribution in [3.63, 3.8) is 0 Å². The summed E-state index contributed by atoms with van der Waals surface area (Å²) >= 11 is 1.64. The highest BCUT2D eigenvalue weighted by Gasteiger charge is 2.27. The maximum absolute atomic E-state index is 12.6. The van der Waals surface area contributed by atoms with Gasteiger partial charge in [0.2, 0.25) is 0 Å². The number of thiophene rings is 1. The Morgan fingerprint density at radius 2 is 2.27 bits per heavy atom. The zero-order valence-corrected chi connectivity index (χ0v) is 13.7. The molecule has 6 nitrogen and oxygen atoms in total. The van der Waals surface area contributed by atoms with E-state index >= 15 is 0 Å². The summed E-state index contributed by atoms with van der Waals surface area (Å²) in [4.78, 5) is 13.9. The first-order chi connectivity index (χ1) is 10.8. The molecule has 0 aromatic carbocycles. The summed E-state index contributed by atoms with van der Waals surface area (Å²) in [7, 11) is 0. The van der Waals surface area contributed by atoms with Crippen LogP contribution in [0.4, 0.5) is 0 Å². The monoisotopic (exact) mass is 319 g/mol. The average Bonchev–Trinajstić information content (AvgIpc) is 3.22. The third-order valence-electron chi connectivity index (χ3n) is 4.00. The van der Waals surface area contributed by atoms with Crippen LogP contribution in [0.2, 0.25) is 0 Å². The number of fused-ring (bicyclic) bond motifs is 1. The summed E-state index contributed by atoms with van der Waals surface area (Å²) in [6.45, 7) is 2.92. The van der Waals surface area contributed by atoms with E-state index < -0.39 is 0 Å². The van der Waals surface area contributed by atoms with Gasteiger partial charge >= 0.3 is 0 Å². The van der Waals surface area contributed by atoms with Crippen molar-refractivity contribution in [2.45, 2.75) is 51.9 Å². The molecule has 0 bridgehead atoms. The summed E-state index contributed by atoms with van der Waals surface area (Å²) in [5.41, 5.74) is 1.97. The highest BCUT2D eigenvalue weighted by Crippen LogP contribution is 2.37. The molecule has 1 aliphatic carbocycles. The van der Waals surface area contributed by atoms with Crippen molar-refractivity contribution in [3.05, 3.63) is 22.3 Å². The molecule has 1 aliphatic rings. The smallest absolute Gasteiger partial charge is 0.254 e. The number of aryl methyl sites for hydroxylation is 1. The van der Waals surface area contributed by atoms with Crippen molar-refractivity contribution in [1.29, 1.82) is 0 Å².